The summed E-state index contributed by atoms with van der Waals surface area (Å²) in [4.78, 5) is 16.0. The van der Waals surface area contributed by atoms with E-state index in [1.54, 1.807) is 0 Å². The number of hydrogen-bond acceptors (Lipinski definition) is 6. The molecule has 3 aromatic rings. The molecule has 11 heteroatoms. The van der Waals surface area contributed by atoms with Crippen LogP contribution in [0.4, 0.5) is 19.0 Å². The van der Waals surface area contributed by atoms with Gasteiger partial charge in [-0.2, -0.15) is 23.1 Å². The smallest absolute Gasteiger partial charge is 0.416 e. The molecule has 5 rings (SSSR count). The maximum Gasteiger partial charge on any atom is 0.416 e. The highest BCUT2D eigenvalue weighted by Gasteiger charge is 2.38. The molecule has 0 amide bonds. The molecule has 2 aliphatic heterocycles. The molecule has 0 saturated carbocycles. The lowest BCUT2D eigenvalue weighted by molar-refractivity contribution is -0.137. The third kappa shape index (κ3) is 4.98. The Labute approximate surface area is 212 Å². The van der Waals surface area contributed by atoms with Gasteiger partial charge in [0.2, 0.25) is 5.28 Å². The lowest BCUT2D eigenvalue weighted by Gasteiger charge is -2.44. The summed E-state index contributed by atoms with van der Waals surface area (Å²) in [6, 6.07) is 4.87. The number of benzene rings is 1. The van der Waals surface area contributed by atoms with Gasteiger partial charge in [-0.15, -0.1) is 0 Å². The summed E-state index contributed by atoms with van der Waals surface area (Å²) in [5, 5.41) is 0.160. The first-order valence-corrected chi connectivity index (χ1v) is 12.6. The number of halogens is 4. The molecule has 4 heterocycles. The molecule has 2 aliphatic rings. The average molecular weight is 524 g/mol. The van der Waals surface area contributed by atoms with E-state index >= 15 is 0 Å². The minimum absolute atomic E-state index is 0.0241. The number of piperidine rings is 1. The second kappa shape index (κ2) is 9.37. The SMILES string of the molecule is Cc1nc2c(N3CC[C@](C)(Oc4ccc(C(F)(F)F)cc4)C[C@@H]3C)nc(Cl)nc2n1C[C@@H]1CCCO1. The molecule has 2 aromatic heterocycles. The van der Waals surface area contributed by atoms with Crippen LogP contribution in [-0.4, -0.2) is 50.4 Å². The summed E-state index contributed by atoms with van der Waals surface area (Å²) < 4.78 is 52.7. The minimum Gasteiger partial charge on any atom is -0.487 e. The molecule has 1 aromatic carbocycles. The molecule has 0 radical (unpaired) electrons. The first-order valence-electron chi connectivity index (χ1n) is 12.2. The van der Waals surface area contributed by atoms with Gasteiger partial charge in [-0.05, 0) is 69.5 Å². The van der Waals surface area contributed by atoms with Crippen LogP contribution in [0.5, 0.6) is 5.75 Å². The molecule has 0 unspecified atom stereocenters. The van der Waals surface area contributed by atoms with E-state index in [9.17, 15) is 13.2 Å². The number of hydrogen-bond donors (Lipinski definition) is 0. The zero-order valence-corrected chi connectivity index (χ0v) is 21.2. The Kier molecular flexibility index (Phi) is 6.53. The molecule has 0 bridgehead atoms. The number of aromatic nitrogens is 4. The van der Waals surface area contributed by atoms with Gasteiger partial charge in [-0.3, -0.25) is 0 Å². The number of imidazole rings is 1. The third-order valence-corrected chi connectivity index (χ3v) is 7.28. The standard InChI is InChI=1S/C25H29ClF3N5O2/c1-15-13-24(3,36-18-8-6-17(7-9-18)25(27,28)29)10-11-33(15)21-20-22(32-23(26)31-21)34(16(2)30-20)14-19-5-4-12-35-19/h6-9,15,19H,4-5,10-14H2,1-3H3/t15-,19-,24-/m0/s1. The highest BCUT2D eigenvalue weighted by atomic mass is 35.5. The molecular weight excluding hydrogens is 495 g/mol. The summed E-state index contributed by atoms with van der Waals surface area (Å²) in [5.74, 6) is 1.93. The van der Waals surface area contributed by atoms with Crippen LogP contribution >= 0.6 is 11.6 Å². The van der Waals surface area contributed by atoms with Gasteiger partial charge in [0.15, 0.2) is 17.0 Å². The zero-order valence-electron chi connectivity index (χ0n) is 20.5. The maximum absolute atomic E-state index is 12.9. The maximum atomic E-state index is 12.9. The van der Waals surface area contributed by atoms with Crippen LogP contribution < -0.4 is 9.64 Å². The Morgan fingerprint density at radius 2 is 1.94 bits per heavy atom. The van der Waals surface area contributed by atoms with E-state index in [1.807, 2.05) is 13.8 Å². The molecule has 194 valence electrons. The Morgan fingerprint density at radius 3 is 2.58 bits per heavy atom. The van der Waals surface area contributed by atoms with Crippen LogP contribution in [0.3, 0.4) is 0 Å². The lowest BCUT2D eigenvalue weighted by atomic mass is 9.88. The molecule has 2 saturated heterocycles. The van der Waals surface area contributed by atoms with Crippen molar-refractivity contribution in [2.75, 3.05) is 18.1 Å². The van der Waals surface area contributed by atoms with Crippen LogP contribution in [0, 0.1) is 6.92 Å². The van der Waals surface area contributed by atoms with E-state index in [-0.39, 0.29) is 17.4 Å². The largest absolute Gasteiger partial charge is 0.487 e. The monoisotopic (exact) mass is 523 g/mol. The molecule has 0 N–H and O–H groups in total. The van der Waals surface area contributed by atoms with Crippen molar-refractivity contribution in [3.05, 3.63) is 40.9 Å². The van der Waals surface area contributed by atoms with Crippen molar-refractivity contribution >= 4 is 28.6 Å². The molecule has 36 heavy (non-hydrogen) atoms. The van der Waals surface area contributed by atoms with Crippen LogP contribution in [0.2, 0.25) is 5.28 Å². The number of rotatable bonds is 5. The summed E-state index contributed by atoms with van der Waals surface area (Å²) in [6.07, 6.45) is -0.886. The van der Waals surface area contributed by atoms with Gasteiger partial charge in [0, 0.05) is 32.0 Å². The van der Waals surface area contributed by atoms with Crippen molar-refractivity contribution in [1.82, 2.24) is 19.5 Å². The van der Waals surface area contributed by atoms with E-state index < -0.39 is 17.3 Å². The van der Waals surface area contributed by atoms with Crippen molar-refractivity contribution in [2.24, 2.45) is 0 Å². The number of anilines is 1. The van der Waals surface area contributed by atoms with Crippen molar-refractivity contribution < 1.29 is 22.6 Å². The first-order chi connectivity index (χ1) is 17.0. The Balaban J connectivity index is 1.36. The normalized spacial score (nSPS) is 25.0. The highest BCUT2D eigenvalue weighted by Crippen LogP contribution is 2.37. The van der Waals surface area contributed by atoms with Gasteiger partial charge in [0.05, 0.1) is 18.2 Å². The van der Waals surface area contributed by atoms with Crippen LogP contribution in [0.15, 0.2) is 24.3 Å². The van der Waals surface area contributed by atoms with Crippen molar-refractivity contribution in [3.63, 3.8) is 0 Å². The highest BCUT2D eigenvalue weighted by molar-refractivity contribution is 6.28. The minimum atomic E-state index is -4.37. The zero-order chi connectivity index (χ0) is 25.7. The molecule has 0 aliphatic carbocycles. The van der Waals surface area contributed by atoms with E-state index in [2.05, 4.69) is 26.4 Å². The van der Waals surface area contributed by atoms with Gasteiger partial charge in [-0.1, -0.05) is 0 Å². The van der Waals surface area contributed by atoms with E-state index in [0.717, 1.165) is 37.4 Å². The number of ether oxygens (including phenoxy) is 2. The quantitative estimate of drug-likeness (QED) is 0.393. The lowest BCUT2D eigenvalue weighted by Crippen LogP contribution is -2.51. The van der Waals surface area contributed by atoms with Gasteiger partial charge in [-0.25, -0.2) is 4.98 Å². The van der Waals surface area contributed by atoms with Crippen molar-refractivity contribution in [1.29, 1.82) is 0 Å². The second-order valence-electron chi connectivity index (χ2n) is 9.96. The molecule has 7 nitrogen and oxygen atoms in total. The van der Waals surface area contributed by atoms with Crippen LogP contribution in [0.25, 0.3) is 11.2 Å². The molecule has 3 atom stereocenters. The fourth-order valence-electron chi connectivity index (χ4n) is 5.30. The number of fused-ring (bicyclic) bond motifs is 1. The Morgan fingerprint density at radius 1 is 1.19 bits per heavy atom. The summed E-state index contributed by atoms with van der Waals surface area (Å²) in [6.45, 7) is 8.08. The van der Waals surface area contributed by atoms with Crippen molar-refractivity contribution in [3.8, 4) is 5.75 Å². The van der Waals surface area contributed by atoms with Gasteiger partial charge in [0.1, 0.15) is 17.2 Å². The molecule has 2 fully saturated rings. The number of alkyl halides is 3. The van der Waals surface area contributed by atoms with Crippen molar-refractivity contribution in [2.45, 2.75) is 76.9 Å². The van der Waals surface area contributed by atoms with E-state index in [4.69, 9.17) is 26.1 Å². The second-order valence-corrected chi connectivity index (χ2v) is 10.3. The van der Waals surface area contributed by atoms with Gasteiger partial charge < -0.3 is 18.9 Å². The number of aryl methyl sites for hydroxylation is 1. The summed E-state index contributed by atoms with van der Waals surface area (Å²) in [5.41, 5.74) is 0.163. The van der Waals surface area contributed by atoms with E-state index in [0.29, 0.717) is 48.7 Å². The Bertz CT molecular complexity index is 1240. The van der Waals surface area contributed by atoms with E-state index in [1.165, 1.54) is 12.1 Å². The topological polar surface area (TPSA) is 65.3 Å². The van der Waals surface area contributed by atoms with Crippen LogP contribution in [-0.2, 0) is 17.5 Å². The third-order valence-electron chi connectivity index (χ3n) is 7.11. The first kappa shape index (κ1) is 25.1. The molecule has 0 spiro atoms. The molecular formula is C25H29ClF3N5O2. The fourth-order valence-corrected chi connectivity index (χ4v) is 5.46. The predicted molar refractivity (Wildman–Crippen MR) is 131 cm³/mol. The fraction of sp³-hybridized carbons (Fsp3) is 0.560. The van der Waals surface area contributed by atoms with Gasteiger partial charge >= 0.3 is 6.18 Å². The summed E-state index contributed by atoms with van der Waals surface area (Å²) >= 11 is 6.37. The average Bonchev–Trinajstić information content (AvgIpc) is 3.42. The predicted octanol–water partition coefficient (Wildman–Crippen LogP) is 5.81. The van der Waals surface area contributed by atoms with Gasteiger partial charge in [0.25, 0.3) is 0 Å². The Hall–Kier alpha value is -2.59. The van der Waals surface area contributed by atoms with Crippen LogP contribution in [0.1, 0.15) is 50.9 Å². The summed E-state index contributed by atoms with van der Waals surface area (Å²) in [7, 11) is 0. The number of nitrogens with zero attached hydrogens (tertiary/aromatic N) is 5.